The molecule has 4 rings (SSSR count). The van der Waals surface area contributed by atoms with Crippen LogP contribution in [0.3, 0.4) is 0 Å². The van der Waals surface area contributed by atoms with Gasteiger partial charge >= 0.3 is 0 Å². The van der Waals surface area contributed by atoms with Crippen LogP contribution in [-0.2, 0) is 0 Å². The summed E-state index contributed by atoms with van der Waals surface area (Å²) in [4.78, 5) is 21.5. The van der Waals surface area contributed by atoms with Crippen LogP contribution in [-0.4, -0.2) is 59.0 Å². The van der Waals surface area contributed by atoms with Gasteiger partial charge in [-0.15, -0.1) is 0 Å². The fraction of sp³-hybridized carbons (Fsp3) is 0.238. The Labute approximate surface area is 152 Å². The summed E-state index contributed by atoms with van der Waals surface area (Å²) < 4.78 is 0. The SMILES string of the molecule is CN1CCN(C(=O)c2cccc(-c3nc4ccccc4cc3O)c2)CC1. The number of piperazine rings is 1. The molecule has 5 heteroatoms. The molecule has 0 unspecified atom stereocenters. The van der Waals surface area contributed by atoms with Crippen LogP contribution in [0, 0.1) is 0 Å². The number of benzene rings is 2. The van der Waals surface area contributed by atoms with Gasteiger partial charge in [0.1, 0.15) is 11.4 Å². The predicted octanol–water partition coefficient (Wildman–Crippen LogP) is 3.00. The fourth-order valence-corrected chi connectivity index (χ4v) is 3.31. The Morgan fingerprint density at radius 3 is 2.58 bits per heavy atom. The van der Waals surface area contributed by atoms with Gasteiger partial charge in [-0.1, -0.05) is 30.3 Å². The van der Waals surface area contributed by atoms with Crippen molar-refractivity contribution in [3.8, 4) is 17.0 Å². The first kappa shape index (κ1) is 16.5. The van der Waals surface area contributed by atoms with E-state index in [1.165, 1.54) is 0 Å². The van der Waals surface area contributed by atoms with Crippen molar-refractivity contribution >= 4 is 16.8 Å². The minimum absolute atomic E-state index is 0.0280. The first-order valence-electron chi connectivity index (χ1n) is 8.79. The maximum atomic E-state index is 12.8. The summed E-state index contributed by atoms with van der Waals surface area (Å²) in [6.07, 6.45) is 0. The number of aromatic nitrogens is 1. The number of aromatic hydroxyl groups is 1. The van der Waals surface area contributed by atoms with Gasteiger partial charge in [-0.3, -0.25) is 4.79 Å². The van der Waals surface area contributed by atoms with E-state index >= 15 is 0 Å². The zero-order valence-electron chi connectivity index (χ0n) is 14.7. The second-order valence-corrected chi connectivity index (χ2v) is 6.73. The van der Waals surface area contributed by atoms with E-state index in [1.807, 2.05) is 53.4 Å². The number of fused-ring (bicyclic) bond motifs is 1. The van der Waals surface area contributed by atoms with Crippen LogP contribution in [0.2, 0.25) is 0 Å². The Morgan fingerprint density at radius 2 is 1.77 bits per heavy atom. The molecule has 1 aromatic heterocycles. The molecule has 26 heavy (non-hydrogen) atoms. The quantitative estimate of drug-likeness (QED) is 0.774. The number of rotatable bonds is 2. The molecule has 2 heterocycles. The van der Waals surface area contributed by atoms with Crippen molar-refractivity contribution < 1.29 is 9.90 Å². The van der Waals surface area contributed by atoms with E-state index in [0.29, 0.717) is 11.3 Å². The van der Waals surface area contributed by atoms with Gasteiger partial charge < -0.3 is 14.9 Å². The summed E-state index contributed by atoms with van der Waals surface area (Å²) in [7, 11) is 2.07. The highest BCUT2D eigenvalue weighted by Gasteiger charge is 2.21. The molecule has 1 N–H and O–H groups in total. The van der Waals surface area contributed by atoms with E-state index in [4.69, 9.17) is 0 Å². The van der Waals surface area contributed by atoms with Crippen LogP contribution in [0.25, 0.3) is 22.2 Å². The van der Waals surface area contributed by atoms with Gasteiger partial charge in [-0.05, 0) is 31.3 Å². The van der Waals surface area contributed by atoms with Crippen LogP contribution < -0.4 is 0 Å². The largest absolute Gasteiger partial charge is 0.506 e. The molecule has 132 valence electrons. The summed E-state index contributed by atoms with van der Waals surface area (Å²) in [6, 6.07) is 16.7. The maximum Gasteiger partial charge on any atom is 0.253 e. The van der Waals surface area contributed by atoms with Gasteiger partial charge in [0.05, 0.1) is 5.52 Å². The number of nitrogens with zero attached hydrogens (tertiary/aromatic N) is 3. The van der Waals surface area contributed by atoms with Crippen molar-refractivity contribution in [1.29, 1.82) is 0 Å². The topological polar surface area (TPSA) is 56.7 Å². The van der Waals surface area contributed by atoms with Crippen LogP contribution >= 0.6 is 0 Å². The zero-order valence-corrected chi connectivity index (χ0v) is 14.7. The van der Waals surface area contributed by atoms with Crippen molar-refractivity contribution in [3.63, 3.8) is 0 Å². The van der Waals surface area contributed by atoms with Gasteiger partial charge in [-0.2, -0.15) is 0 Å². The van der Waals surface area contributed by atoms with Crippen LogP contribution in [0.15, 0.2) is 54.6 Å². The second-order valence-electron chi connectivity index (χ2n) is 6.73. The molecule has 1 saturated heterocycles. The molecule has 1 aliphatic heterocycles. The van der Waals surface area contributed by atoms with E-state index < -0.39 is 0 Å². The summed E-state index contributed by atoms with van der Waals surface area (Å²) in [5, 5.41) is 11.3. The van der Waals surface area contributed by atoms with E-state index in [9.17, 15) is 9.90 Å². The third kappa shape index (κ3) is 3.13. The van der Waals surface area contributed by atoms with Gasteiger partial charge in [-0.25, -0.2) is 4.98 Å². The molecular weight excluding hydrogens is 326 g/mol. The molecule has 0 saturated carbocycles. The average Bonchev–Trinajstić information content (AvgIpc) is 2.67. The summed E-state index contributed by atoms with van der Waals surface area (Å²) in [6.45, 7) is 3.25. The predicted molar refractivity (Wildman–Crippen MR) is 102 cm³/mol. The number of hydrogen-bond acceptors (Lipinski definition) is 4. The van der Waals surface area contributed by atoms with Crippen LogP contribution in [0.4, 0.5) is 0 Å². The van der Waals surface area contributed by atoms with E-state index in [2.05, 4.69) is 16.9 Å². The van der Waals surface area contributed by atoms with E-state index in [-0.39, 0.29) is 11.7 Å². The molecule has 3 aromatic rings. The van der Waals surface area contributed by atoms with Crippen molar-refractivity contribution in [2.45, 2.75) is 0 Å². The van der Waals surface area contributed by atoms with Crippen molar-refractivity contribution in [2.75, 3.05) is 33.2 Å². The molecule has 0 spiro atoms. The average molecular weight is 347 g/mol. The minimum atomic E-state index is 0.0280. The van der Waals surface area contributed by atoms with Gasteiger partial charge in [0.15, 0.2) is 0 Å². The number of amides is 1. The molecule has 1 fully saturated rings. The molecule has 0 radical (unpaired) electrons. The van der Waals surface area contributed by atoms with Crippen molar-refractivity contribution in [2.24, 2.45) is 0 Å². The lowest BCUT2D eigenvalue weighted by Crippen LogP contribution is -2.47. The van der Waals surface area contributed by atoms with Gasteiger partial charge in [0.25, 0.3) is 5.91 Å². The summed E-state index contributed by atoms with van der Waals surface area (Å²) >= 11 is 0. The standard InChI is InChI=1S/C21H21N3O2/c1-23-9-11-24(12-10-23)21(26)17-7-4-6-16(13-17)20-19(25)14-15-5-2-3-8-18(15)22-20/h2-8,13-14,25H,9-12H2,1H3. The molecule has 0 bridgehead atoms. The molecule has 0 atom stereocenters. The smallest absolute Gasteiger partial charge is 0.253 e. The van der Waals surface area contributed by atoms with Gasteiger partial charge in [0.2, 0.25) is 0 Å². The number of carbonyl (C=O) groups excluding carboxylic acids is 1. The Hall–Kier alpha value is -2.92. The monoisotopic (exact) mass is 347 g/mol. The summed E-state index contributed by atoms with van der Waals surface area (Å²) in [5.41, 5.74) is 2.68. The number of hydrogen-bond donors (Lipinski definition) is 1. The third-order valence-electron chi connectivity index (χ3n) is 4.88. The number of pyridine rings is 1. The second kappa shape index (κ2) is 6.77. The van der Waals surface area contributed by atoms with Crippen LogP contribution in [0.5, 0.6) is 5.75 Å². The molecule has 2 aromatic carbocycles. The number of para-hydroxylation sites is 1. The normalized spacial score (nSPS) is 15.3. The fourth-order valence-electron chi connectivity index (χ4n) is 3.31. The highest BCUT2D eigenvalue weighted by atomic mass is 16.3. The van der Waals surface area contributed by atoms with Crippen molar-refractivity contribution in [1.82, 2.24) is 14.8 Å². The lowest BCUT2D eigenvalue weighted by atomic mass is 10.0. The highest BCUT2D eigenvalue weighted by Crippen LogP contribution is 2.31. The molecule has 1 aliphatic rings. The van der Waals surface area contributed by atoms with Crippen LogP contribution in [0.1, 0.15) is 10.4 Å². The zero-order chi connectivity index (χ0) is 18.1. The first-order valence-corrected chi connectivity index (χ1v) is 8.79. The van der Waals surface area contributed by atoms with Crippen molar-refractivity contribution in [3.05, 3.63) is 60.2 Å². The van der Waals surface area contributed by atoms with Gasteiger partial charge in [0, 0.05) is 42.7 Å². The summed E-state index contributed by atoms with van der Waals surface area (Å²) in [5.74, 6) is 0.146. The van der Waals surface area contributed by atoms with E-state index in [1.54, 1.807) is 6.07 Å². The highest BCUT2D eigenvalue weighted by molar-refractivity contribution is 5.96. The molecule has 0 aliphatic carbocycles. The molecule has 5 nitrogen and oxygen atoms in total. The Balaban J connectivity index is 1.68. The number of carbonyl (C=O) groups is 1. The lowest BCUT2D eigenvalue weighted by Gasteiger charge is -2.32. The first-order chi connectivity index (χ1) is 12.6. The maximum absolute atomic E-state index is 12.8. The Morgan fingerprint density at radius 1 is 1.00 bits per heavy atom. The molecule has 1 amide bonds. The number of likely N-dealkylation sites (N-methyl/N-ethyl adjacent to an activating group) is 1. The third-order valence-corrected chi connectivity index (χ3v) is 4.88. The lowest BCUT2D eigenvalue weighted by molar-refractivity contribution is 0.0664. The Bertz CT molecular complexity index is 962. The molecular formula is C21H21N3O2. The minimum Gasteiger partial charge on any atom is -0.506 e. The van der Waals surface area contributed by atoms with E-state index in [0.717, 1.165) is 42.6 Å². The Kier molecular flexibility index (Phi) is 4.31.